The number of nitriles is 1. The third kappa shape index (κ3) is 2.84. The number of fused-ring (bicyclic) bond motifs is 2. The van der Waals surface area contributed by atoms with Gasteiger partial charge in [0.25, 0.3) is 0 Å². The van der Waals surface area contributed by atoms with Crippen LogP contribution in [0.4, 0.5) is 15.8 Å². The van der Waals surface area contributed by atoms with Crippen LogP contribution in [-0.2, 0) is 6.54 Å². The van der Waals surface area contributed by atoms with Crippen molar-refractivity contribution in [2.45, 2.75) is 6.54 Å². The summed E-state index contributed by atoms with van der Waals surface area (Å²) in [4.78, 5) is 4.50. The summed E-state index contributed by atoms with van der Waals surface area (Å²) in [5.74, 6) is -0.196. The maximum absolute atomic E-state index is 13.9. The zero-order valence-corrected chi connectivity index (χ0v) is 14.0. The van der Waals surface area contributed by atoms with Crippen LogP contribution < -0.4 is 4.90 Å². The zero-order valence-electron chi connectivity index (χ0n) is 14.0. The summed E-state index contributed by atoms with van der Waals surface area (Å²) in [6.07, 6.45) is 0. The van der Waals surface area contributed by atoms with Gasteiger partial charge in [-0.2, -0.15) is 5.26 Å². The van der Waals surface area contributed by atoms with Crippen molar-refractivity contribution < 1.29 is 4.39 Å². The summed E-state index contributed by atoms with van der Waals surface area (Å²) in [6, 6.07) is 19.1. The molecule has 0 spiro atoms. The van der Waals surface area contributed by atoms with Crippen molar-refractivity contribution in [2.75, 3.05) is 25.0 Å². The fraction of sp³-hybridized carbons (Fsp3) is 0.190. The third-order valence-corrected chi connectivity index (χ3v) is 4.77. The molecule has 0 bridgehead atoms. The first-order valence-electron chi connectivity index (χ1n) is 8.33. The van der Waals surface area contributed by atoms with Gasteiger partial charge in [-0.1, -0.05) is 12.1 Å². The van der Waals surface area contributed by atoms with Gasteiger partial charge < -0.3 is 9.80 Å². The van der Waals surface area contributed by atoms with Crippen molar-refractivity contribution in [3.8, 4) is 6.07 Å². The SMILES string of the molecule is CN1CCN(c2ccc3c(F)cccc3c2)c2ccc(C#N)cc2C1. The summed E-state index contributed by atoms with van der Waals surface area (Å²) in [6.45, 7) is 2.57. The summed E-state index contributed by atoms with van der Waals surface area (Å²) in [5.41, 5.74) is 3.96. The molecule has 1 aliphatic rings. The summed E-state index contributed by atoms with van der Waals surface area (Å²) < 4.78 is 13.9. The molecule has 0 atom stereocenters. The lowest BCUT2D eigenvalue weighted by molar-refractivity contribution is 0.343. The van der Waals surface area contributed by atoms with Gasteiger partial charge in [-0.05, 0) is 60.5 Å². The monoisotopic (exact) mass is 331 g/mol. The highest BCUT2D eigenvalue weighted by Gasteiger charge is 2.20. The van der Waals surface area contributed by atoms with Gasteiger partial charge in [0.15, 0.2) is 0 Å². The van der Waals surface area contributed by atoms with Crippen molar-refractivity contribution in [3.05, 3.63) is 71.5 Å². The Labute approximate surface area is 146 Å². The number of rotatable bonds is 1. The minimum Gasteiger partial charge on any atom is -0.340 e. The van der Waals surface area contributed by atoms with E-state index in [1.807, 2.05) is 42.5 Å². The first kappa shape index (κ1) is 15.6. The normalized spacial score (nSPS) is 14.8. The van der Waals surface area contributed by atoms with Gasteiger partial charge >= 0.3 is 0 Å². The van der Waals surface area contributed by atoms with Crippen LogP contribution in [0.3, 0.4) is 0 Å². The number of hydrogen-bond donors (Lipinski definition) is 0. The molecule has 0 aromatic heterocycles. The Bertz CT molecular complexity index is 990. The summed E-state index contributed by atoms with van der Waals surface area (Å²) in [5, 5.41) is 10.7. The van der Waals surface area contributed by atoms with E-state index in [1.54, 1.807) is 6.07 Å². The minimum absolute atomic E-state index is 0.196. The Hall–Kier alpha value is -2.90. The lowest BCUT2D eigenvalue weighted by Crippen LogP contribution is -2.26. The highest BCUT2D eigenvalue weighted by atomic mass is 19.1. The third-order valence-electron chi connectivity index (χ3n) is 4.77. The lowest BCUT2D eigenvalue weighted by Gasteiger charge is -2.25. The molecule has 124 valence electrons. The smallest absolute Gasteiger partial charge is 0.131 e. The molecule has 0 amide bonds. The second-order valence-electron chi connectivity index (χ2n) is 6.49. The molecule has 0 unspecified atom stereocenters. The van der Waals surface area contributed by atoms with E-state index in [-0.39, 0.29) is 5.82 Å². The number of halogens is 1. The summed E-state index contributed by atoms with van der Waals surface area (Å²) >= 11 is 0. The Balaban J connectivity index is 1.84. The molecule has 1 heterocycles. The Kier molecular flexibility index (Phi) is 3.87. The number of likely N-dealkylation sites (N-methyl/N-ethyl adjacent to an activating group) is 1. The van der Waals surface area contributed by atoms with E-state index in [4.69, 9.17) is 0 Å². The average Bonchev–Trinajstić information content (AvgIpc) is 2.79. The highest BCUT2D eigenvalue weighted by molar-refractivity contribution is 5.87. The van der Waals surface area contributed by atoms with Gasteiger partial charge in [-0.25, -0.2) is 4.39 Å². The van der Waals surface area contributed by atoms with Crippen LogP contribution in [-0.4, -0.2) is 25.0 Å². The van der Waals surface area contributed by atoms with Gasteiger partial charge in [-0.15, -0.1) is 0 Å². The molecule has 0 fully saturated rings. The maximum Gasteiger partial charge on any atom is 0.131 e. The number of hydrogen-bond acceptors (Lipinski definition) is 3. The predicted molar refractivity (Wildman–Crippen MR) is 98.4 cm³/mol. The van der Waals surface area contributed by atoms with E-state index in [9.17, 15) is 9.65 Å². The van der Waals surface area contributed by atoms with Crippen molar-refractivity contribution in [1.82, 2.24) is 4.90 Å². The molecule has 0 aliphatic carbocycles. The topological polar surface area (TPSA) is 30.3 Å². The van der Waals surface area contributed by atoms with E-state index in [0.29, 0.717) is 10.9 Å². The van der Waals surface area contributed by atoms with Gasteiger partial charge in [0.1, 0.15) is 5.82 Å². The van der Waals surface area contributed by atoms with Crippen molar-refractivity contribution in [3.63, 3.8) is 0 Å². The van der Waals surface area contributed by atoms with Crippen LogP contribution in [0.15, 0.2) is 54.6 Å². The number of nitrogens with zero attached hydrogens (tertiary/aromatic N) is 3. The molecule has 3 aromatic carbocycles. The fourth-order valence-electron chi connectivity index (χ4n) is 3.47. The molecule has 3 nitrogen and oxygen atoms in total. The molecule has 0 radical (unpaired) electrons. The Morgan fingerprint density at radius 3 is 2.76 bits per heavy atom. The van der Waals surface area contributed by atoms with Gasteiger partial charge in [0, 0.05) is 36.4 Å². The van der Waals surface area contributed by atoms with Gasteiger partial charge in [0.2, 0.25) is 0 Å². The second-order valence-corrected chi connectivity index (χ2v) is 6.49. The van der Waals surface area contributed by atoms with Crippen LogP contribution in [0.1, 0.15) is 11.1 Å². The molecule has 3 aromatic rings. The van der Waals surface area contributed by atoms with Crippen LogP contribution in [0.5, 0.6) is 0 Å². The van der Waals surface area contributed by atoms with Crippen LogP contribution in [0.2, 0.25) is 0 Å². The average molecular weight is 331 g/mol. The van der Waals surface area contributed by atoms with Crippen LogP contribution >= 0.6 is 0 Å². The standard InChI is InChI=1S/C21H18FN3/c1-24-9-10-25(21-8-5-15(13-23)11-17(21)14-24)18-6-7-19-16(12-18)3-2-4-20(19)22/h2-8,11-12H,9-10,14H2,1H3. The number of benzene rings is 3. The van der Waals surface area contributed by atoms with Crippen LogP contribution in [0.25, 0.3) is 10.8 Å². The fourth-order valence-corrected chi connectivity index (χ4v) is 3.47. The molecular formula is C21H18FN3. The first-order chi connectivity index (χ1) is 12.2. The highest BCUT2D eigenvalue weighted by Crippen LogP contribution is 2.34. The van der Waals surface area contributed by atoms with Gasteiger partial charge in [-0.3, -0.25) is 0 Å². The Morgan fingerprint density at radius 1 is 1.04 bits per heavy atom. The molecule has 0 saturated heterocycles. The lowest BCUT2D eigenvalue weighted by atomic mass is 10.1. The Morgan fingerprint density at radius 2 is 1.92 bits per heavy atom. The molecule has 1 aliphatic heterocycles. The second kappa shape index (κ2) is 6.19. The zero-order chi connectivity index (χ0) is 17.4. The molecule has 4 rings (SSSR count). The van der Waals surface area contributed by atoms with E-state index < -0.39 is 0 Å². The van der Waals surface area contributed by atoms with E-state index in [2.05, 4.69) is 22.9 Å². The predicted octanol–water partition coefficient (Wildman–Crippen LogP) is 4.43. The largest absolute Gasteiger partial charge is 0.340 e. The van der Waals surface area contributed by atoms with E-state index in [0.717, 1.165) is 42.0 Å². The molecule has 25 heavy (non-hydrogen) atoms. The van der Waals surface area contributed by atoms with E-state index in [1.165, 1.54) is 6.07 Å². The molecule has 0 N–H and O–H groups in total. The number of anilines is 2. The summed E-state index contributed by atoms with van der Waals surface area (Å²) in [7, 11) is 2.09. The van der Waals surface area contributed by atoms with Crippen molar-refractivity contribution in [2.24, 2.45) is 0 Å². The first-order valence-corrected chi connectivity index (χ1v) is 8.33. The minimum atomic E-state index is -0.196. The van der Waals surface area contributed by atoms with Gasteiger partial charge in [0.05, 0.1) is 11.6 Å². The molecule has 0 saturated carbocycles. The van der Waals surface area contributed by atoms with Crippen molar-refractivity contribution in [1.29, 1.82) is 5.26 Å². The quantitative estimate of drug-likeness (QED) is 0.660. The van der Waals surface area contributed by atoms with E-state index >= 15 is 0 Å². The van der Waals surface area contributed by atoms with Crippen molar-refractivity contribution >= 4 is 22.1 Å². The maximum atomic E-state index is 13.9. The molecule has 4 heteroatoms. The van der Waals surface area contributed by atoms with Crippen LogP contribution in [0, 0.1) is 17.1 Å². The molecular weight excluding hydrogens is 313 g/mol.